The molecule has 1 atom stereocenters. The summed E-state index contributed by atoms with van der Waals surface area (Å²) >= 11 is 0. The second kappa shape index (κ2) is 7.41. The molecule has 22 heavy (non-hydrogen) atoms. The van der Waals surface area contributed by atoms with E-state index in [1.54, 1.807) is 17.3 Å². The third-order valence-electron chi connectivity index (χ3n) is 3.77. The number of aromatic nitrogens is 7. The van der Waals surface area contributed by atoms with Crippen molar-refractivity contribution in [3.8, 4) is 0 Å². The summed E-state index contributed by atoms with van der Waals surface area (Å²) in [4.78, 5) is 6.29. The van der Waals surface area contributed by atoms with E-state index in [0.29, 0.717) is 0 Å². The van der Waals surface area contributed by atoms with Crippen LogP contribution in [0, 0.1) is 0 Å². The van der Waals surface area contributed by atoms with Crippen LogP contribution in [0.4, 0.5) is 0 Å². The van der Waals surface area contributed by atoms with Crippen molar-refractivity contribution in [1.29, 1.82) is 0 Å². The Kier molecular flexibility index (Phi) is 5.07. The van der Waals surface area contributed by atoms with E-state index < -0.39 is 0 Å². The quantitative estimate of drug-likeness (QED) is 0.709. The minimum absolute atomic E-state index is 0.121. The molecule has 1 unspecified atom stereocenters. The third kappa shape index (κ3) is 3.86. The van der Waals surface area contributed by atoms with Gasteiger partial charge in [-0.05, 0) is 16.8 Å². The molecule has 0 spiro atoms. The van der Waals surface area contributed by atoms with Crippen molar-refractivity contribution < 1.29 is 4.74 Å². The highest BCUT2D eigenvalue weighted by Crippen LogP contribution is 2.10. The largest absolute Gasteiger partial charge is 0.374 e. The van der Waals surface area contributed by atoms with E-state index in [2.05, 4.69) is 37.4 Å². The Morgan fingerprint density at radius 1 is 1.41 bits per heavy atom. The molecule has 120 valence electrons. The zero-order chi connectivity index (χ0) is 15.2. The van der Waals surface area contributed by atoms with Gasteiger partial charge in [0.1, 0.15) is 12.7 Å². The Hall–Kier alpha value is -1.87. The fraction of sp³-hybridized carbons (Fsp3) is 0.769. The lowest BCUT2D eigenvalue weighted by atomic mass is 10.2. The molecular weight excluding hydrogens is 284 g/mol. The van der Waals surface area contributed by atoms with E-state index in [9.17, 15) is 0 Å². The standard InChI is InChI=1S/C13H22N8O/c1-2-3-4-21-13(16-17-18-21)9-19-5-6-22-12(7-19)8-20-11-14-10-15-20/h10-12H,2-9H2,1H3. The van der Waals surface area contributed by atoms with Crippen LogP contribution in [-0.4, -0.2) is 65.7 Å². The lowest BCUT2D eigenvalue weighted by molar-refractivity contribution is -0.0413. The van der Waals surface area contributed by atoms with Crippen LogP contribution in [0.1, 0.15) is 25.6 Å². The van der Waals surface area contributed by atoms with Crippen molar-refractivity contribution in [2.24, 2.45) is 0 Å². The van der Waals surface area contributed by atoms with Crippen molar-refractivity contribution in [3.63, 3.8) is 0 Å². The van der Waals surface area contributed by atoms with Crippen LogP contribution in [0.15, 0.2) is 12.7 Å². The van der Waals surface area contributed by atoms with E-state index >= 15 is 0 Å². The predicted octanol–water partition coefficient (Wildman–Crippen LogP) is -0.0343. The summed E-state index contributed by atoms with van der Waals surface area (Å²) in [6.07, 6.45) is 5.61. The Morgan fingerprint density at radius 2 is 2.36 bits per heavy atom. The van der Waals surface area contributed by atoms with Crippen LogP contribution in [0.2, 0.25) is 0 Å². The highest BCUT2D eigenvalue weighted by molar-refractivity contribution is 4.83. The van der Waals surface area contributed by atoms with Gasteiger partial charge in [-0.1, -0.05) is 13.3 Å². The summed E-state index contributed by atoms with van der Waals surface area (Å²) in [6, 6.07) is 0. The molecule has 0 radical (unpaired) electrons. The average molecular weight is 306 g/mol. The fourth-order valence-electron chi connectivity index (χ4n) is 2.59. The molecule has 1 aliphatic rings. The van der Waals surface area contributed by atoms with Gasteiger partial charge in [0.15, 0.2) is 5.82 Å². The van der Waals surface area contributed by atoms with Crippen LogP contribution >= 0.6 is 0 Å². The molecule has 0 aromatic carbocycles. The Morgan fingerprint density at radius 3 is 3.18 bits per heavy atom. The molecule has 0 saturated carbocycles. The van der Waals surface area contributed by atoms with E-state index in [1.807, 2.05) is 4.68 Å². The fourth-order valence-corrected chi connectivity index (χ4v) is 2.59. The molecule has 9 nitrogen and oxygen atoms in total. The first-order valence-corrected chi connectivity index (χ1v) is 7.76. The minimum Gasteiger partial charge on any atom is -0.374 e. The summed E-state index contributed by atoms with van der Waals surface area (Å²) in [7, 11) is 0. The molecule has 2 aromatic rings. The molecule has 1 fully saturated rings. The number of rotatable bonds is 7. The highest BCUT2D eigenvalue weighted by atomic mass is 16.5. The number of nitrogens with zero attached hydrogens (tertiary/aromatic N) is 8. The van der Waals surface area contributed by atoms with Gasteiger partial charge in [0, 0.05) is 19.6 Å². The van der Waals surface area contributed by atoms with Crippen molar-refractivity contribution >= 4 is 0 Å². The molecule has 0 bridgehead atoms. The summed E-state index contributed by atoms with van der Waals surface area (Å²) in [5.74, 6) is 0.926. The molecule has 0 amide bonds. The van der Waals surface area contributed by atoms with Gasteiger partial charge < -0.3 is 4.74 Å². The van der Waals surface area contributed by atoms with Gasteiger partial charge in [0.25, 0.3) is 0 Å². The maximum absolute atomic E-state index is 5.81. The second-order valence-corrected chi connectivity index (χ2v) is 5.52. The van der Waals surface area contributed by atoms with Gasteiger partial charge in [0.2, 0.25) is 0 Å². The molecule has 2 aromatic heterocycles. The van der Waals surface area contributed by atoms with Gasteiger partial charge in [-0.25, -0.2) is 9.67 Å². The van der Waals surface area contributed by atoms with Crippen LogP contribution in [0.5, 0.6) is 0 Å². The van der Waals surface area contributed by atoms with Crippen LogP contribution in [-0.2, 0) is 24.4 Å². The van der Waals surface area contributed by atoms with Crippen molar-refractivity contribution in [2.75, 3.05) is 19.7 Å². The normalized spacial score (nSPS) is 19.6. The topological polar surface area (TPSA) is 86.8 Å². The molecule has 3 heterocycles. The molecule has 1 saturated heterocycles. The number of unbranched alkanes of at least 4 members (excludes halogenated alkanes) is 1. The average Bonchev–Trinajstić information content (AvgIpc) is 3.18. The lowest BCUT2D eigenvalue weighted by Crippen LogP contribution is -2.44. The Balaban J connectivity index is 1.55. The van der Waals surface area contributed by atoms with Gasteiger partial charge in [-0.2, -0.15) is 5.10 Å². The monoisotopic (exact) mass is 306 g/mol. The molecule has 1 aliphatic heterocycles. The smallest absolute Gasteiger partial charge is 0.165 e. The summed E-state index contributed by atoms with van der Waals surface area (Å²) in [5.41, 5.74) is 0. The Labute approximate surface area is 129 Å². The van der Waals surface area contributed by atoms with Crippen LogP contribution in [0.3, 0.4) is 0 Å². The first kappa shape index (κ1) is 15.0. The number of hydrogen-bond acceptors (Lipinski definition) is 7. The number of tetrazole rings is 1. The number of hydrogen-bond donors (Lipinski definition) is 0. The Bertz CT molecular complexity index is 554. The summed E-state index contributed by atoms with van der Waals surface area (Å²) in [5, 5.41) is 16.2. The van der Waals surface area contributed by atoms with E-state index in [-0.39, 0.29) is 6.10 Å². The molecular formula is C13H22N8O. The van der Waals surface area contributed by atoms with Gasteiger partial charge >= 0.3 is 0 Å². The third-order valence-corrected chi connectivity index (χ3v) is 3.77. The molecule has 0 N–H and O–H groups in total. The van der Waals surface area contributed by atoms with E-state index in [0.717, 1.165) is 58.0 Å². The van der Waals surface area contributed by atoms with Crippen molar-refractivity contribution in [1.82, 2.24) is 39.9 Å². The van der Waals surface area contributed by atoms with Gasteiger partial charge in [0.05, 0.1) is 25.8 Å². The van der Waals surface area contributed by atoms with Crippen molar-refractivity contribution in [2.45, 2.75) is 45.5 Å². The zero-order valence-corrected chi connectivity index (χ0v) is 12.9. The van der Waals surface area contributed by atoms with E-state index in [1.165, 1.54) is 0 Å². The van der Waals surface area contributed by atoms with Gasteiger partial charge in [-0.15, -0.1) is 5.10 Å². The minimum atomic E-state index is 0.121. The number of aryl methyl sites for hydroxylation is 1. The van der Waals surface area contributed by atoms with Crippen LogP contribution in [0.25, 0.3) is 0 Å². The predicted molar refractivity (Wildman–Crippen MR) is 77.8 cm³/mol. The summed E-state index contributed by atoms with van der Waals surface area (Å²) < 4.78 is 9.52. The second-order valence-electron chi connectivity index (χ2n) is 5.52. The maximum atomic E-state index is 5.81. The molecule has 3 rings (SSSR count). The zero-order valence-electron chi connectivity index (χ0n) is 12.9. The van der Waals surface area contributed by atoms with Crippen molar-refractivity contribution in [3.05, 3.63) is 18.5 Å². The lowest BCUT2D eigenvalue weighted by Gasteiger charge is -2.32. The first-order valence-electron chi connectivity index (χ1n) is 7.76. The number of ether oxygens (including phenoxy) is 1. The summed E-state index contributed by atoms with van der Waals surface area (Å²) in [6.45, 7) is 6.99. The van der Waals surface area contributed by atoms with Gasteiger partial charge in [-0.3, -0.25) is 9.58 Å². The first-order chi connectivity index (χ1) is 10.8. The van der Waals surface area contributed by atoms with Crippen LogP contribution < -0.4 is 0 Å². The highest BCUT2D eigenvalue weighted by Gasteiger charge is 2.22. The van der Waals surface area contributed by atoms with E-state index in [4.69, 9.17) is 4.74 Å². The number of morpholine rings is 1. The molecule has 9 heteroatoms. The molecule has 0 aliphatic carbocycles. The SMILES string of the molecule is CCCCn1nnnc1CN1CCOC(Cn2cncn2)C1. The maximum Gasteiger partial charge on any atom is 0.165 e.